The third kappa shape index (κ3) is 3.10. The van der Waals surface area contributed by atoms with Gasteiger partial charge in [0.05, 0.1) is 16.4 Å². The summed E-state index contributed by atoms with van der Waals surface area (Å²) in [6.45, 7) is 3.24. The molecule has 1 saturated heterocycles. The van der Waals surface area contributed by atoms with Crippen molar-refractivity contribution in [2.24, 2.45) is 0 Å². The predicted molar refractivity (Wildman–Crippen MR) is 67.6 cm³/mol. The number of nitro benzene ring substituents is 1. The maximum atomic E-state index is 10.8. The van der Waals surface area contributed by atoms with Gasteiger partial charge in [-0.25, -0.2) is 0 Å². The highest BCUT2D eigenvalue weighted by molar-refractivity contribution is 8.00. The maximum absolute atomic E-state index is 10.8. The molecule has 6 heteroatoms. The van der Waals surface area contributed by atoms with E-state index in [2.05, 4.69) is 5.32 Å². The van der Waals surface area contributed by atoms with E-state index in [0.717, 1.165) is 12.3 Å². The largest absolute Gasteiger partial charge is 0.491 e. The van der Waals surface area contributed by atoms with Crippen molar-refractivity contribution in [1.29, 1.82) is 0 Å². The van der Waals surface area contributed by atoms with Gasteiger partial charge in [-0.15, -0.1) is 11.8 Å². The Hall–Kier alpha value is -1.27. The Labute approximate surface area is 104 Å². The first-order valence-corrected chi connectivity index (χ1v) is 6.44. The molecular weight excluding hydrogens is 240 g/mol. The van der Waals surface area contributed by atoms with Gasteiger partial charge < -0.3 is 10.1 Å². The summed E-state index contributed by atoms with van der Waals surface area (Å²) in [5.74, 6) is 1.64. The molecule has 0 unspecified atom stereocenters. The van der Waals surface area contributed by atoms with Gasteiger partial charge in [-0.2, -0.15) is 0 Å². The van der Waals surface area contributed by atoms with E-state index in [1.165, 1.54) is 6.07 Å². The predicted octanol–water partition coefficient (Wildman–Crippen LogP) is 1.94. The SMILES string of the molecule is Cc1ccc(OC[C@H]2NCCS2)cc1[N+](=O)[O-]. The minimum atomic E-state index is -0.384. The molecule has 92 valence electrons. The molecule has 0 amide bonds. The van der Waals surface area contributed by atoms with Crippen molar-refractivity contribution < 1.29 is 9.66 Å². The summed E-state index contributed by atoms with van der Waals surface area (Å²) < 4.78 is 5.55. The molecule has 2 rings (SSSR count). The van der Waals surface area contributed by atoms with Crippen LogP contribution >= 0.6 is 11.8 Å². The Balaban J connectivity index is 2.00. The van der Waals surface area contributed by atoms with Gasteiger partial charge in [0.1, 0.15) is 12.4 Å². The first-order chi connectivity index (χ1) is 8.16. The van der Waals surface area contributed by atoms with Crippen LogP contribution in [0.2, 0.25) is 0 Å². The fraction of sp³-hybridized carbons (Fsp3) is 0.455. The quantitative estimate of drug-likeness (QED) is 0.657. The minimum absolute atomic E-state index is 0.106. The van der Waals surface area contributed by atoms with E-state index in [-0.39, 0.29) is 16.0 Å². The molecular formula is C11H14N2O3S. The van der Waals surface area contributed by atoms with Gasteiger partial charge in [-0.1, -0.05) is 0 Å². The van der Waals surface area contributed by atoms with Crippen LogP contribution in [0.25, 0.3) is 0 Å². The Morgan fingerprint density at radius 1 is 1.65 bits per heavy atom. The second-order valence-corrected chi connectivity index (χ2v) is 5.14. The van der Waals surface area contributed by atoms with Crippen LogP contribution in [-0.2, 0) is 0 Å². The van der Waals surface area contributed by atoms with Crippen LogP contribution in [0, 0.1) is 17.0 Å². The normalized spacial score (nSPS) is 19.2. The third-order valence-electron chi connectivity index (χ3n) is 2.57. The number of thioether (sulfide) groups is 1. The number of aryl methyl sites for hydroxylation is 1. The number of rotatable bonds is 4. The highest BCUT2D eigenvalue weighted by Gasteiger charge is 2.16. The van der Waals surface area contributed by atoms with Crippen LogP contribution in [0.1, 0.15) is 5.56 Å². The topological polar surface area (TPSA) is 64.4 Å². The lowest BCUT2D eigenvalue weighted by atomic mass is 10.2. The Kier molecular flexibility index (Phi) is 3.86. The van der Waals surface area contributed by atoms with Gasteiger partial charge in [0.15, 0.2) is 0 Å². The zero-order valence-electron chi connectivity index (χ0n) is 9.51. The summed E-state index contributed by atoms with van der Waals surface area (Å²) in [6, 6.07) is 4.96. The average molecular weight is 254 g/mol. The molecule has 1 aromatic rings. The van der Waals surface area contributed by atoms with E-state index in [0.29, 0.717) is 17.9 Å². The molecule has 0 saturated carbocycles. The van der Waals surface area contributed by atoms with Gasteiger partial charge >= 0.3 is 0 Å². The maximum Gasteiger partial charge on any atom is 0.276 e. The summed E-state index contributed by atoms with van der Waals surface area (Å²) in [5.41, 5.74) is 0.755. The molecule has 0 radical (unpaired) electrons. The van der Waals surface area contributed by atoms with Crippen molar-refractivity contribution in [3.05, 3.63) is 33.9 Å². The van der Waals surface area contributed by atoms with Crippen molar-refractivity contribution in [2.45, 2.75) is 12.3 Å². The Morgan fingerprint density at radius 3 is 3.12 bits per heavy atom. The summed E-state index contributed by atoms with van der Waals surface area (Å²) in [6.07, 6.45) is 0. The van der Waals surface area contributed by atoms with Crippen LogP contribution in [0.15, 0.2) is 18.2 Å². The van der Waals surface area contributed by atoms with Gasteiger partial charge in [0.25, 0.3) is 5.69 Å². The van der Waals surface area contributed by atoms with E-state index in [9.17, 15) is 10.1 Å². The second kappa shape index (κ2) is 5.37. The zero-order chi connectivity index (χ0) is 12.3. The lowest BCUT2D eigenvalue weighted by molar-refractivity contribution is -0.385. The monoisotopic (exact) mass is 254 g/mol. The lowest BCUT2D eigenvalue weighted by Gasteiger charge is -2.11. The van der Waals surface area contributed by atoms with E-state index in [1.54, 1.807) is 30.8 Å². The first-order valence-electron chi connectivity index (χ1n) is 5.39. The highest BCUT2D eigenvalue weighted by Crippen LogP contribution is 2.24. The average Bonchev–Trinajstić information content (AvgIpc) is 2.80. The van der Waals surface area contributed by atoms with Gasteiger partial charge in [-0.05, 0) is 19.1 Å². The smallest absolute Gasteiger partial charge is 0.276 e. The molecule has 0 aliphatic carbocycles. The van der Waals surface area contributed by atoms with E-state index >= 15 is 0 Å². The second-order valence-electron chi connectivity index (χ2n) is 3.83. The standard InChI is InChI=1S/C11H14N2O3S/c1-8-2-3-9(6-10(8)13(14)15)16-7-11-12-4-5-17-11/h2-3,6,11-12H,4-5,7H2,1H3/t11-/m0/s1. The van der Waals surface area contributed by atoms with Crippen molar-refractivity contribution in [3.8, 4) is 5.75 Å². The number of nitrogens with one attached hydrogen (secondary N) is 1. The molecule has 1 aliphatic heterocycles. The number of nitrogens with zero attached hydrogens (tertiary/aromatic N) is 1. The molecule has 1 fully saturated rings. The number of ether oxygens (including phenoxy) is 1. The lowest BCUT2D eigenvalue weighted by Crippen LogP contribution is -2.26. The number of benzene rings is 1. The molecule has 1 heterocycles. The van der Waals surface area contributed by atoms with Gasteiger partial charge in [0, 0.05) is 17.9 Å². The van der Waals surface area contributed by atoms with Crippen molar-refractivity contribution in [1.82, 2.24) is 5.32 Å². The van der Waals surface area contributed by atoms with Crippen LogP contribution in [-0.4, -0.2) is 29.2 Å². The van der Waals surface area contributed by atoms with Crippen molar-refractivity contribution >= 4 is 17.4 Å². The Bertz CT molecular complexity index is 419. The zero-order valence-corrected chi connectivity index (χ0v) is 10.3. The molecule has 1 atom stereocenters. The van der Waals surface area contributed by atoms with Crippen LogP contribution < -0.4 is 10.1 Å². The molecule has 17 heavy (non-hydrogen) atoms. The Morgan fingerprint density at radius 2 is 2.47 bits per heavy atom. The van der Waals surface area contributed by atoms with E-state index in [4.69, 9.17) is 4.74 Å². The molecule has 1 aliphatic rings. The van der Waals surface area contributed by atoms with Gasteiger partial charge in [-0.3, -0.25) is 10.1 Å². The summed E-state index contributed by atoms with van der Waals surface area (Å²) >= 11 is 1.81. The minimum Gasteiger partial charge on any atom is -0.491 e. The van der Waals surface area contributed by atoms with E-state index < -0.39 is 0 Å². The molecule has 0 bridgehead atoms. The van der Waals surface area contributed by atoms with Crippen molar-refractivity contribution in [2.75, 3.05) is 18.9 Å². The number of hydrogen-bond acceptors (Lipinski definition) is 5. The molecule has 0 spiro atoms. The number of hydrogen-bond donors (Lipinski definition) is 1. The third-order valence-corrected chi connectivity index (χ3v) is 3.72. The van der Waals surface area contributed by atoms with Crippen molar-refractivity contribution in [3.63, 3.8) is 0 Å². The summed E-state index contributed by atoms with van der Waals surface area (Å²) in [7, 11) is 0. The number of nitro groups is 1. The molecule has 1 aromatic carbocycles. The van der Waals surface area contributed by atoms with Crippen LogP contribution in [0.3, 0.4) is 0 Å². The van der Waals surface area contributed by atoms with E-state index in [1.807, 2.05) is 0 Å². The fourth-order valence-electron chi connectivity index (χ4n) is 1.63. The molecule has 5 nitrogen and oxygen atoms in total. The fourth-order valence-corrected chi connectivity index (χ4v) is 2.55. The highest BCUT2D eigenvalue weighted by atomic mass is 32.2. The van der Waals surface area contributed by atoms with Crippen LogP contribution in [0.5, 0.6) is 5.75 Å². The molecule has 1 N–H and O–H groups in total. The summed E-state index contributed by atoms with van der Waals surface area (Å²) in [5, 5.41) is 14.3. The summed E-state index contributed by atoms with van der Waals surface area (Å²) in [4.78, 5) is 10.4. The van der Waals surface area contributed by atoms with Gasteiger partial charge in [0.2, 0.25) is 0 Å². The first kappa shape index (κ1) is 12.2. The van der Waals surface area contributed by atoms with Crippen LogP contribution in [0.4, 0.5) is 5.69 Å². The molecule has 0 aromatic heterocycles.